The molecule has 0 radical (unpaired) electrons. The fourth-order valence-electron chi connectivity index (χ4n) is 1.26. The highest BCUT2D eigenvalue weighted by molar-refractivity contribution is 5.83. The molecule has 17 heavy (non-hydrogen) atoms. The Kier molecular flexibility index (Phi) is 3.35. The van der Waals surface area contributed by atoms with Gasteiger partial charge >= 0.3 is 12.1 Å². The molecule has 0 aromatic heterocycles. The number of rotatable bonds is 3. The Balaban J connectivity index is 3.08. The van der Waals surface area contributed by atoms with Crippen LogP contribution in [0.5, 0.6) is 0 Å². The van der Waals surface area contributed by atoms with Gasteiger partial charge in [-0.25, -0.2) is 4.79 Å². The number of carboxylic acids is 1. The first kappa shape index (κ1) is 13.3. The molecular weight excluding hydrogens is 235 g/mol. The van der Waals surface area contributed by atoms with Gasteiger partial charge in [0.15, 0.2) is 0 Å². The molecule has 1 rings (SSSR count). The molecule has 0 saturated heterocycles. The van der Waals surface area contributed by atoms with Gasteiger partial charge in [0.2, 0.25) is 5.54 Å². The number of carboxylic acid groups (broad SMARTS) is 1. The standard InChI is InChI=1S/C11H12F3NO2/c1-7-4-3-5-8(6-7)15-10(2,9(16)17)11(12,13)14/h3-6,15H,1-2H3,(H,16,17). The van der Waals surface area contributed by atoms with Gasteiger partial charge in [0.05, 0.1) is 0 Å². The van der Waals surface area contributed by atoms with Crippen molar-refractivity contribution in [1.29, 1.82) is 0 Å². The van der Waals surface area contributed by atoms with Crippen molar-refractivity contribution in [2.75, 3.05) is 5.32 Å². The quantitative estimate of drug-likeness (QED) is 0.863. The van der Waals surface area contributed by atoms with Crippen LogP contribution in [0.2, 0.25) is 0 Å². The average molecular weight is 247 g/mol. The summed E-state index contributed by atoms with van der Waals surface area (Å²) in [7, 11) is 0. The summed E-state index contributed by atoms with van der Waals surface area (Å²) in [6.45, 7) is 2.30. The number of hydrogen-bond donors (Lipinski definition) is 2. The van der Waals surface area contributed by atoms with E-state index in [2.05, 4.69) is 0 Å². The molecule has 1 aromatic rings. The molecule has 1 atom stereocenters. The minimum absolute atomic E-state index is 0.118. The predicted octanol–water partition coefficient (Wildman–Crippen LogP) is 2.81. The van der Waals surface area contributed by atoms with Crippen LogP contribution < -0.4 is 5.32 Å². The van der Waals surface area contributed by atoms with Crippen LogP contribution in [0.4, 0.5) is 18.9 Å². The monoisotopic (exact) mass is 247 g/mol. The molecule has 6 heteroatoms. The fourth-order valence-corrected chi connectivity index (χ4v) is 1.26. The lowest BCUT2D eigenvalue weighted by Crippen LogP contribution is -2.55. The van der Waals surface area contributed by atoms with Gasteiger partial charge in [-0.3, -0.25) is 0 Å². The molecule has 0 aliphatic heterocycles. The van der Waals surface area contributed by atoms with Gasteiger partial charge in [-0.15, -0.1) is 0 Å². The summed E-state index contributed by atoms with van der Waals surface area (Å²) < 4.78 is 38.1. The van der Waals surface area contributed by atoms with Crippen LogP contribution >= 0.6 is 0 Å². The van der Waals surface area contributed by atoms with E-state index in [9.17, 15) is 18.0 Å². The Bertz CT molecular complexity index is 431. The summed E-state index contributed by atoms with van der Waals surface area (Å²) in [5, 5.41) is 10.7. The molecule has 1 unspecified atom stereocenters. The molecular formula is C11H12F3NO2. The third kappa shape index (κ3) is 2.69. The maximum atomic E-state index is 12.7. The Morgan fingerprint density at radius 2 is 1.94 bits per heavy atom. The highest BCUT2D eigenvalue weighted by Crippen LogP contribution is 2.33. The highest BCUT2D eigenvalue weighted by Gasteiger charge is 2.57. The average Bonchev–Trinajstić information content (AvgIpc) is 2.15. The molecule has 94 valence electrons. The SMILES string of the molecule is Cc1cccc(NC(C)(C(=O)O)C(F)(F)F)c1. The number of alkyl halides is 3. The van der Waals surface area contributed by atoms with E-state index in [1.165, 1.54) is 12.1 Å². The van der Waals surface area contributed by atoms with Crippen LogP contribution in [-0.2, 0) is 4.79 Å². The van der Waals surface area contributed by atoms with Crippen molar-refractivity contribution < 1.29 is 23.1 Å². The van der Waals surface area contributed by atoms with Gasteiger partial charge in [0.1, 0.15) is 0 Å². The van der Waals surface area contributed by atoms with Gasteiger partial charge in [0, 0.05) is 5.69 Å². The van der Waals surface area contributed by atoms with E-state index in [1.807, 2.05) is 5.32 Å². The second-order valence-electron chi connectivity index (χ2n) is 3.92. The van der Waals surface area contributed by atoms with Gasteiger partial charge < -0.3 is 10.4 Å². The molecule has 0 bridgehead atoms. The largest absolute Gasteiger partial charge is 0.479 e. The molecule has 0 amide bonds. The van der Waals surface area contributed by atoms with Crippen molar-refractivity contribution in [3.63, 3.8) is 0 Å². The number of aliphatic carboxylic acids is 1. The molecule has 0 aliphatic rings. The molecule has 0 fully saturated rings. The maximum Gasteiger partial charge on any atom is 0.422 e. The van der Waals surface area contributed by atoms with Crippen molar-refractivity contribution in [3.8, 4) is 0 Å². The van der Waals surface area contributed by atoms with Gasteiger partial charge in [0.25, 0.3) is 0 Å². The third-order valence-electron chi connectivity index (χ3n) is 2.41. The normalized spacial score (nSPS) is 15.1. The van der Waals surface area contributed by atoms with Crippen LogP contribution in [0, 0.1) is 6.92 Å². The summed E-state index contributed by atoms with van der Waals surface area (Å²) in [4.78, 5) is 10.8. The number of benzene rings is 1. The summed E-state index contributed by atoms with van der Waals surface area (Å²) in [6.07, 6.45) is -4.89. The number of hydrogen-bond acceptors (Lipinski definition) is 2. The van der Waals surface area contributed by atoms with Crippen LogP contribution in [0.3, 0.4) is 0 Å². The molecule has 3 nitrogen and oxygen atoms in total. The lowest BCUT2D eigenvalue weighted by atomic mass is 10.0. The number of carbonyl (C=O) groups is 1. The van der Waals surface area contributed by atoms with Gasteiger partial charge in [-0.1, -0.05) is 12.1 Å². The van der Waals surface area contributed by atoms with E-state index in [-0.39, 0.29) is 5.69 Å². The Morgan fingerprint density at radius 1 is 1.35 bits per heavy atom. The molecule has 0 saturated carbocycles. The second-order valence-corrected chi connectivity index (χ2v) is 3.92. The fraction of sp³-hybridized carbons (Fsp3) is 0.364. The summed E-state index contributed by atoms with van der Waals surface area (Å²) in [5.41, 5.74) is -2.14. The topological polar surface area (TPSA) is 49.3 Å². The van der Waals surface area contributed by atoms with Crippen LogP contribution in [0.1, 0.15) is 12.5 Å². The molecule has 0 heterocycles. The zero-order valence-corrected chi connectivity index (χ0v) is 9.30. The lowest BCUT2D eigenvalue weighted by molar-refractivity contribution is -0.192. The first-order valence-electron chi connectivity index (χ1n) is 4.82. The Morgan fingerprint density at radius 3 is 2.35 bits per heavy atom. The van der Waals surface area contributed by atoms with Crippen molar-refractivity contribution >= 4 is 11.7 Å². The first-order valence-corrected chi connectivity index (χ1v) is 4.82. The predicted molar refractivity (Wildman–Crippen MR) is 56.9 cm³/mol. The molecule has 0 aliphatic carbocycles. The minimum Gasteiger partial charge on any atom is -0.479 e. The maximum absolute atomic E-state index is 12.7. The zero-order chi connectivity index (χ0) is 13.3. The summed E-state index contributed by atoms with van der Waals surface area (Å²) in [5.74, 6) is -1.97. The smallest absolute Gasteiger partial charge is 0.422 e. The number of anilines is 1. The summed E-state index contributed by atoms with van der Waals surface area (Å²) in [6, 6.07) is 6.10. The molecule has 0 spiro atoms. The lowest BCUT2D eigenvalue weighted by Gasteiger charge is -2.29. The van der Waals surface area contributed by atoms with Gasteiger partial charge in [-0.2, -0.15) is 13.2 Å². The first-order chi connectivity index (χ1) is 7.67. The van der Waals surface area contributed by atoms with E-state index in [1.54, 1.807) is 19.1 Å². The zero-order valence-electron chi connectivity index (χ0n) is 9.30. The van der Waals surface area contributed by atoms with E-state index in [4.69, 9.17) is 5.11 Å². The van der Waals surface area contributed by atoms with Crippen LogP contribution in [0.15, 0.2) is 24.3 Å². The highest BCUT2D eigenvalue weighted by atomic mass is 19.4. The molecule has 2 N–H and O–H groups in total. The molecule has 1 aromatic carbocycles. The van der Waals surface area contributed by atoms with E-state index < -0.39 is 17.7 Å². The van der Waals surface area contributed by atoms with Crippen LogP contribution in [-0.4, -0.2) is 22.8 Å². The third-order valence-corrected chi connectivity index (χ3v) is 2.41. The van der Waals surface area contributed by atoms with E-state index in [0.717, 1.165) is 5.56 Å². The van der Waals surface area contributed by atoms with Crippen molar-refractivity contribution in [2.24, 2.45) is 0 Å². The second kappa shape index (κ2) is 4.27. The van der Waals surface area contributed by atoms with Crippen molar-refractivity contribution in [2.45, 2.75) is 25.6 Å². The number of nitrogens with one attached hydrogen (secondary N) is 1. The number of halogens is 3. The minimum atomic E-state index is -4.89. The van der Waals surface area contributed by atoms with Gasteiger partial charge in [-0.05, 0) is 31.5 Å². The number of aryl methyl sites for hydroxylation is 1. The van der Waals surface area contributed by atoms with Crippen molar-refractivity contribution in [1.82, 2.24) is 0 Å². The Hall–Kier alpha value is -1.72. The summed E-state index contributed by atoms with van der Waals surface area (Å²) >= 11 is 0. The van der Waals surface area contributed by atoms with Crippen molar-refractivity contribution in [3.05, 3.63) is 29.8 Å². The van der Waals surface area contributed by atoms with E-state index in [0.29, 0.717) is 6.92 Å². The van der Waals surface area contributed by atoms with E-state index >= 15 is 0 Å². The van der Waals surface area contributed by atoms with Crippen LogP contribution in [0.25, 0.3) is 0 Å². The Labute approximate surface area is 96.3 Å².